The molecule has 0 aromatic heterocycles. The molecule has 0 radical (unpaired) electrons. The summed E-state index contributed by atoms with van der Waals surface area (Å²) in [6, 6.07) is 0. The number of hydrogen-bond donors (Lipinski definition) is 0. The van der Waals surface area contributed by atoms with Crippen molar-refractivity contribution in [3.63, 3.8) is 0 Å². The van der Waals surface area contributed by atoms with Crippen LogP contribution in [0, 0.1) is 0 Å². The second-order valence-electron chi connectivity index (χ2n) is 4.75. The molecule has 0 N–H and O–H groups in total. The Hall–Kier alpha value is -1.44. The SMILES string of the molecule is C=CC(=O)OCCN(C)S(=O)(=O)C(F)(F)C(F)(F)C(F)(F)C(C)(F)F. The number of hydrogen-bond acceptors (Lipinski definition) is 4. The molecule has 0 saturated carbocycles. The predicted molar refractivity (Wildman–Crippen MR) is 68.2 cm³/mol. The van der Waals surface area contributed by atoms with Gasteiger partial charge in [-0.3, -0.25) is 0 Å². The van der Waals surface area contributed by atoms with Crippen LogP contribution in [-0.2, 0) is 19.6 Å². The summed E-state index contributed by atoms with van der Waals surface area (Å²) in [5.74, 6) is -20.4. The lowest BCUT2D eigenvalue weighted by Crippen LogP contribution is -2.65. The number of rotatable bonds is 9. The molecule has 0 saturated heterocycles. The Kier molecular flexibility index (Phi) is 6.65. The molecule has 0 aliphatic heterocycles. The van der Waals surface area contributed by atoms with Crippen molar-refractivity contribution in [2.24, 2.45) is 0 Å². The van der Waals surface area contributed by atoms with E-state index in [4.69, 9.17) is 0 Å². The Balaban J connectivity index is 5.66. The maximum atomic E-state index is 13.6. The van der Waals surface area contributed by atoms with E-state index in [1.54, 1.807) is 0 Å². The van der Waals surface area contributed by atoms with E-state index in [2.05, 4.69) is 11.3 Å². The van der Waals surface area contributed by atoms with E-state index < -0.39 is 63.4 Å². The van der Waals surface area contributed by atoms with Crippen molar-refractivity contribution in [3.05, 3.63) is 12.7 Å². The lowest BCUT2D eigenvalue weighted by molar-refractivity contribution is -0.343. The molecule has 0 atom stereocenters. The Morgan fingerprint density at radius 1 is 1.08 bits per heavy atom. The minimum absolute atomic E-state index is 0.281. The van der Waals surface area contributed by atoms with E-state index in [0.717, 1.165) is 0 Å². The monoisotopic (exact) mass is 407 g/mol. The zero-order chi connectivity index (χ0) is 20.5. The van der Waals surface area contributed by atoms with Crippen molar-refractivity contribution in [2.45, 2.75) is 29.9 Å². The van der Waals surface area contributed by atoms with Crippen LogP contribution < -0.4 is 0 Å². The van der Waals surface area contributed by atoms with Crippen LogP contribution in [0.2, 0.25) is 0 Å². The number of carbonyl (C=O) groups is 1. The highest BCUT2D eigenvalue weighted by molar-refractivity contribution is 7.90. The Bertz CT molecular complexity index is 614. The molecule has 0 amide bonds. The molecule has 0 aliphatic carbocycles. The maximum absolute atomic E-state index is 13.6. The first-order chi connectivity index (χ1) is 10.9. The molecular formula is C11H13F8NO4S. The van der Waals surface area contributed by atoms with Crippen LogP contribution in [0.5, 0.6) is 0 Å². The quantitative estimate of drug-likeness (QED) is 0.335. The van der Waals surface area contributed by atoms with Crippen molar-refractivity contribution in [3.8, 4) is 0 Å². The highest BCUT2D eigenvalue weighted by atomic mass is 32.2. The summed E-state index contributed by atoms with van der Waals surface area (Å²) < 4.78 is 132. The smallest absolute Gasteiger partial charge is 0.427 e. The van der Waals surface area contributed by atoms with Crippen LogP contribution in [-0.4, -0.2) is 61.9 Å². The molecule has 0 bridgehead atoms. The molecule has 0 rings (SSSR count). The fraction of sp³-hybridized carbons (Fsp3) is 0.727. The van der Waals surface area contributed by atoms with Gasteiger partial charge < -0.3 is 4.74 Å². The number of likely N-dealkylation sites (N-methyl/N-ethyl adjacent to an activating group) is 1. The number of sulfonamides is 1. The Labute approximate surface area is 137 Å². The van der Waals surface area contributed by atoms with Crippen LogP contribution in [0.3, 0.4) is 0 Å². The molecule has 0 aromatic carbocycles. The van der Waals surface area contributed by atoms with Gasteiger partial charge >= 0.3 is 29.0 Å². The summed E-state index contributed by atoms with van der Waals surface area (Å²) in [7, 11) is -6.24. The summed E-state index contributed by atoms with van der Waals surface area (Å²) in [6.45, 7) is 0.136. The topological polar surface area (TPSA) is 63.7 Å². The van der Waals surface area contributed by atoms with Crippen LogP contribution in [0.15, 0.2) is 12.7 Å². The first-order valence-corrected chi connectivity index (χ1v) is 7.58. The fourth-order valence-electron chi connectivity index (χ4n) is 1.27. The number of halogens is 8. The van der Waals surface area contributed by atoms with Crippen molar-refractivity contribution in [1.29, 1.82) is 0 Å². The van der Waals surface area contributed by atoms with Crippen molar-refractivity contribution in [2.75, 3.05) is 20.2 Å². The summed E-state index contributed by atoms with van der Waals surface area (Å²) in [5.41, 5.74) is 0. The van der Waals surface area contributed by atoms with Gasteiger partial charge in [-0.1, -0.05) is 6.58 Å². The molecule has 0 aromatic rings. The van der Waals surface area contributed by atoms with Crippen LogP contribution in [0.4, 0.5) is 35.1 Å². The van der Waals surface area contributed by atoms with Crippen LogP contribution >= 0.6 is 0 Å². The lowest BCUT2D eigenvalue weighted by Gasteiger charge is -2.36. The molecule has 0 aliphatic rings. The van der Waals surface area contributed by atoms with E-state index in [1.807, 2.05) is 0 Å². The van der Waals surface area contributed by atoms with Gasteiger partial charge in [0, 0.05) is 26.6 Å². The third-order valence-electron chi connectivity index (χ3n) is 2.86. The number of esters is 1. The van der Waals surface area contributed by atoms with Gasteiger partial charge in [-0.25, -0.2) is 13.2 Å². The average Bonchev–Trinajstić information content (AvgIpc) is 2.44. The van der Waals surface area contributed by atoms with E-state index in [-0.39, 0.29) is 7.05 Å². The Morgan fingerprint density at radius 2 is 1.52 bits per heavy atom. The van der Waals surface area contributed by atoms with Crippen molar-refractivity contribution >= 4 is 16.0 Å². The highest BCUT2D eigenvalue weighted by Crippen LogP contribution is 2.54. The number of carbonyl (C=O) groups excluding carboxylic acids is 1. The maximum Gasteiger partial charge on any atom is 0.427 e. The second kappa shape index (κ2) is 7.05. The van der Waals surface area contributed by atoms with Gasteiger partial charge in [0.15, 0.2) is 0 Å². The zero-order valence-corrected chi connectivity index (χ0v) is 13.5. The third-order valence-corrected chi connectivity index (χ3v) is 4.77. The van der Waals surface area contributed by atoms with Gasteiger partial charge in [0.25, 0.3) is 10.0 Å². The second-order valence-corrected chi connectivity index (χ2v) is 6.84. The van der Waals surface area contributed by atoms with Gasteiger partial charge in [-0.05, 0) is 0 Å². The van der Waals surface area contributed by atoms with Gasteiger partial charge in [0.1, 0.15) is 6.61 Å². The number of alkyl halides is 8. The average molecular weight is 407 g/mol. The van der Waals surface area contributed by atoms with Gasteiger partial charge in [0.2, 0.25) is 0 Å². The van der Waals surface area contributed by atoms with Gasteiger partial charge in [0.05, 0.1) is 0 Å². The van der Waals surface area contributed by atoms with E-state index >= 15 is 0 Å². The summed E-state index contributed by atoms with van der Waals surface area (Å²) >= 11 is 0. The largest absolute Gasteiger partial charge is 0.461 e. The van der Waals surface area contributed by atoms with E-state index in [9.17, 15) is 48.3 Å². The standard InChI is InChI=1S/C11H13F8NO4S/c1-4-7(21)24-6-5-20(3)25(22,23)11(18,19)10(16,17)9(14,15)8(2,12)13/h4H,1,5-6H2,2-3H3. The predicted octanol–water partition coefficient (Wildman–Crippen LogP) is 2.50. The lowest BCUT2D eigenvalue weighted by atomic mass is 10.1. The minimum atomic E-state index is -6.94. The normalized spacial score (nSPS) is 14.5. The fourth-order valence-corrected chi connectivity index (χ4v) is 2.43. The van der Waals surface area contributed by atoms with Crippen molar-refractivity contribution < 1.29 is 53.1 Å². The zero-order valence-electron chi connectivity index (χ0n) is 12.7. The molecule has 25 heavy (non-hydrogen) atoms. The number of nitrogens with zero attached hydrogens (tertiary/aromatic N) is 1. The van der Waals surface area contributed by atoms with Crippen LogP contribution in [0.1, 0.15) is 6.92 Å². The molecule has 148 valence electrons. The molecule has 5 nitrogen and oxygen atoms in total. The van der Waals surface area contributed by atoms with Gasteiger partial charge in [-0.2, -0.15) is 39.4 Å². The van der Waals surface area contributed by atoms with E-state index in [1.165, 1.54) is 0 Å². The summed E-state index contributed by atoms with van der Waals surface area (Å²) in [4.78, 5) is 10.7. The summed E-state index contributed by atoms with van der Waals surface area (Å²) in [6.07, 6.45) is 0.612. The summed E-state index contributed by atoms with van der Waals surface area (Å²) in [5, 5.41) is -6.58. The third kappa shape index (κ3) is 4.04. The molecule has 14 heteroatoms. The van der Waals surface area contributed by atoms with Gasteiger partial charge in [-0.15, -0.1) is 0 Å². The van der Waals surface area contributed by atoms with Crippen LogP contribution in [0.25, 0.3) is 0 Å². The first kappa shape index (κ1) is 23.6. The Morgan fingerprint density at radius 3 is 1.88 bits per heavy atom. The number of ether oxygens (including phenoxy) is 1. The highest BCUT2D eigenvalue weighted by Gasteiger charge is 2.83. The van der Waals surface area contributed by atoms with Crippen molar-refractivity contribution in [1.82, 2.24) is 4.31 Å². The molecular weight excluding hydrogens is 394 g/mol. The first-order valence-electron chi connectivity index (χ1n) is 6.14. The minimum Gasteiger partial charge on any atom is -0.461 e. The molecule has 0 spiro atoms. The molecule has 0 heterocycles. The molecule has 0 fully saturated rings. The van der Waals surface area contributed by atoms with E-state index in [0.29, 0.717) is 6.08 Å². The molecule has 0 unspecified atom stereocenters.